The lowest BCUT2D eigenvalue weighted by molar-refractivity contribution is 0.223. The molecule has 1 nitrogen and oxygen atoms in total. The number of aliphatic hydroxyl groups is 1. The van der Waals surface area contributed by atoms with Crippen LogP contribution in [0.1, 0.15) is 18.4 Å². The first-order valence-corrected chi connectivity index (χ1v) is 4.97. The summed E-state index contributed by atoms with van der Waals surface area (Å²) in [5.41, 5.74) is 1.84. The first kappa shape index (κ1) is 10.3. The van der Waals surface area contributed by atoms with Crippen molar-refractivity contribution in [2.45, 2.75) is 25.4 Å². The van der Waals surface area contributed by atoms with E-state index >= 15 is 0 Å². The zero-order valence-corrected chi connectivity index (χ0v) is 8.21. The summed E-state index contributed by atoms with van der Waals surface area (Å²) in [6, 6.07) is 3.92. The summed E-state index contributed by atoms with van der Waals surface area (Å²) < 4.78 is 25.5. The van der Waals surface area contributed by atoms with E-state index in [2.05, 4.69) is 0 Å². The third kappa shape index (κ3) is 2.42. The zero-order chi connectivity index (χ0) is 10.8. The highest BCUT2D eigenvalue weighted by Crippen LogP contribution is 2.22. The van der Waals surface area contributed by atoms with Crippen LogP contribution in [-0.2, 0) is 6.42 Å². The monoisotopic (exact) mass is 210 g/mol. The fourth-order valence-electron chi connectivity index (χ4n) is 1.83. The normalized spacial score (nSPS) is 20.5. The number of aliphatic hydroxyl groups excluding tert-OH is 1. The SMILES string of the molecule is OC1C=C(Cc2ccc(F)c(F)c2)CC1. The summed E-state index contributed by atoms with van der Waals surface area (Å²) in [7, 11) is 0. The number of allylic oxidation sites excluding steroid dienone is 1. The number of hydrogen-bond acceptors (Lipinski definition) is 1. The Morgan fingerprint density at radius 3 is 2.67 bits per heavy atom. The topological polar surface area (TPSA) is 20.2 Å². The smallest absolute Gasteiger partial charge is 0.159 e. The van der Waals surface area contributed by atoms with Crippen LogP contribution in [0.4, 0.5) is 8.78 Å². The molecule has 0 fully saturated rings. The molecular weight excluding hydrogens is 198 g/mol. The molecule has 1 aromatic rings. The molecule has 1 atom stereocenters. The Morgan fingerprint density at radius 1 is 1.27 bits per heavy atom. The number of rotatable bonds is 2. The standard InChI is InChI=1S/C12H12F2O/c13-11-4-2-9(7-12(11)14)5-8-1-3-10(15)6-8/h2,4,6-7,10,15H,1,3,5H2. The maximum absolute atomic E-state index is 12.9. The molecule has 0 heterocycles. The van der Waals surface area contributed by atoms with Crippen molar-refractivity contribution in [3.63, 3.8) is 0 Å². The van der Waals surface area contributed by atoms with Gasteiger partial charge in [0.05, 0.1) is 6.10 Å². The quantitative estimate of drug-likeness (QED) is 0.744. The van der Waals surface area contributed by atoms with Crippen LogP contribution in [0.15, 0.2) is 29.8 Å². The van der Waals surface area contributed by atoms with Crippen LogP contribution in [0.25, 0.3) is 0 Å². The van der Waals surface area contributed by atoms with Crippen LogP contribution in [0.5, 0.6) is 0 Å². The Bertz CT molecular complexity index is 399. The summed E-state index contributed by atoms with van der Waals surface area (Å²) in [4.78, 5) is 0. The van der Waals surface area contributed by atoms with Gasteiger partial charge in [-0.15, -0.1) is 0 Å². The highest BCUT2D eigenvalue weighted by molar-refractivity contribution is 5.25. The van der Waals surface area contributed by atoms with E-state index in [1.165, 1.54) is 6.07 Å². The molecule has 0 spiro atoms. The third-order valence-corrected chi connectivity index (χ3v) is 2.60. The fraction of sp³-hybridized carbons (Fsp3) is 0.333. The van der Waals surface area contributed by atoms with Crippen molar-refractivity contribution < 1.29 is 13.9 Å². The van der Waals surface area contributed by atoms with E-state index in [9.17, 15) is 13.9 Å². The second-order valence-corrected chi connectivity index (χ2v) is 3.86. The van der Waals surface area contributed by atoms with Crippen molar-refractivity contribution in [3.8, 4) is 0 Å². The minimum atomic E-state index is -0.820. The van der Waals surface area contributed by atoms with Gasteiger partial charge in [0, 0.05) is 0 Å². The highest BCUT2D eigenvalue weighted by Gasteiger charge is 2.13. The largest absolute Gasteiger partial charge is 0.389 e. The fourth-order valence-corrected chi connectivity index (χ4v) is 1.83. The van der Waals surface area contributed by atoms with Crippen molar-refractivity contribution in [2.24, 2.45) is 0 Å². The third-order valence-electron chi connectivity index (χ3n) is 2.60. The molecule has 0 aromatic heterocycles. The second kappa shape index (κ2) is 4.11. The molecule has 1 N–H and O–H groups in total. The van der Waals surface area contributed by atoms with E-state index in [-0.39, 0.29) is 6.10 Å². The lowest BCUT2D eigenvalue weighted by atomic mass is 10.0. The number of hydrogen-bond donors (Lipinski definition) is 1. The molecule has 0 amide bonds. The molecule has 0 bridgehead atoms. The van der Waals surface area contributed by atoms with Crippen molar-refractivity contribution in [1.82, 2.24) is 0 Å². The van der Waals surface area contributed by atoms with Gasteiger partial charge >= 0.3 is 0 Å². The Labute approximate surface area is 87.1 Å². The van der Waals surface area contributed by atoms with Gasteiger partial charge in [-0.3, -0.25) is 0 Å². The Balaban J connectivity index is 2.11. The maximum atomic E-state index is 12.9. The molecule has 1 unspecified atom stereocenters. The number of halogens is 2. The predicted molar refractivity (Wildman–Crippen MR) is 53.4 cm³/mol. The van der Waals surface area contributed by atoms with Crippen molar-refractivity contribution >= 4 is 0 Å². The average Bonchev–Trinajstić information content (AvgIpc) is 2.58. The molecule has 0 aliphatic heterocycles. The molecule has 15 heavy (non-hydrogen) atoms. The molecule has 1 aliphatic carbocycles. The van der Waals surface area contributed by atoms with Crippen molar-refractivity contribution in [3.05, 3.63) is 47.0 Å². The van der Waals surface area contributed by atoms with Crippen molar-refractivity contribution in [1.29, 1.82) is 0 Å². The van der Waals surface area contributed by atoms with Crippen LogP contribution in [0.3, 0.4) is 0 Å². The van der Waals surface area contributed by atoms with Crippen molar-refractivity contribution in [2.75, 3.05) is 0 Å². The van der Waals surface area contributed by atoms with E-state index in [0.717, 1.165) is 30.0 Å². The van der Waals surface area contributed by atoms with Gasteiger partial charge < -0.3 is 5.11 Å². The van der Waals surface area contributed by atoms with Crippen LogP contribution < -0.4 is 0 Å². The Morgan fingerprint density at radius 2 is 2.07 bits per heavy atom. The van der Waals surface area contributed by atoms with Gasteiger partial charge in [-0.25, -0.2) is 8.78 Å². The van der Waals surface area contributed by atoms with Gasteiger partial charge in [-0.05, 0) is 37.0 Å². The van der Waals surface area contributed by atoms with Gasteiger partial charge in [0.15, 0.2) is 11.6 Å². The minimum Gasteiger partial charge on any atom is -0.389 e. The van der Waals surface area contributed by atoms with Crippen LogP contribution in [-0.4, -0.2) is 11.2 Å². The van der Waals surface area contributed by atoms with Gasteiger partial charge in [0.2, 0.25) is 0 Å². The van der Waals surface area contributed by atoms with E-state index in [4.69, 9.17) is 0 Å². The molecule has 1 aliphatic rings. The summed E-state index contributed by atoms with van der Waals surface area (Å²) in [6.45, 7) is 0. The second-order valence-electron chi connectivity index (χ2n) is 3.86. The van der Waals surface area contributed by atoms with E-state index < -0.39 is 11.6 Å². The first-order valence-electron chi connectivity index (χ1n) is 4.97. The molecule has 1 aromatic carbocycles. The predicted octanol–water partition coefficient (Wildman–Crippen LogP) is 2.59. The van der Waals surface area contributed by atoms with Gasteiger partial charge in [-0.1, -0.05) is 17.7 Å². The summed E-state index contributed by atoms with van der Waals surface area (Å²) >= 11 is 0. The van der Waals surface area contributed by atoms with E-state index in [0.29, 0.717) is 6.42 Å². The lowest BCUT2D eigenvalue weighted by Gasteiger charge is -2.02. The molecule has 3 heteroatoms. The van der Waals surface area contributed by atoms with Crippen LogP contribution >= 0.6 is 0 Å². The van der Waals surface area contributed by atoms with Crippen LogP contribution in [0, 0.1) is 11.6 Å². The zero-order valence-electron chi connectivity index (χ0n) is 8.21. The minimum absolute atomic E-state index is 0.370. The summed E-state index contributed by atoms with van der Waals surface area (Å²) in [5.74, 6) is -1.63. The molecular formula is C12H12F2O. The van der Waals surface area contributed by atoms with Gasteiger partial charge in [-0.2, -0.15) is 0 Å². The van der Waals surface area contributed by atoms with Gasteiger partial charge in [0.1, 0.15) is 0 Å². The lowest BCUT2D eigenvalue weighted by Crippen LogP contribution is -1.93. The van der Waals surface area contributed by atoms with E-state index in [1.54, 1.807) is 12.1 Å². The average molecular weight is 210 g/mol. The molecule has 0 saturated heterocycles. The molecule has 0 radical (unpaired) electrons. The maximum Gasteiger partial charge on any atom is 0.159 e. The van der Waals surface area contributed by atoms with Gasteiger partial charge in [0.25, 0.3) is 0 Å². The summed E-state index contributed by atoms with van der Waals surface area (Å²) in [5, 5.41) is 9.27. The molecule has 2 rings (SSSR count). The molecule has 0 saturated carbocycles. The Kier molecular flexibility index (Phi) is 2.82. The van der Waals surface area contributed by atoms with E-state index in [1.807, 2.05) is 0 Å². The first-order chi connectivity index (χ1) is 7.15. The summed E-state index contributed by atoms with van der Waals surface area (Å²) in [6.07, 6.45) is 3.58. The molecule has 80 valence electrons. The van der Waals surface area contributed by atoms with Crippen LogP contribution in [0.2, 0.25) is 0 Å². The Hall–Kier alpha value is -1.22. The number of benzene rings is 1. The highest BCUT2D eigenvalue weighted by atomic mass is 19.2.